The van der Waals surface area contributed by atoms with Gasteiger partial charge < -0.3 is 9.84 Å². The van der Waals surface area contributed by atoms with E-state index in [0.29, 0.717) is 30.8 Å². The second-order valence-corrected chi connectivity index (χ2v) is 10.2. The summed E-state index contributed by atoms with van der Waals surface area (Å²) in [6.07, 6.45) is 1.68. The molecular weight excluding hydrogens is 523 g/mol. The molecule has 1 aliphatic heterocycles. The van der Waals surface area contributed by atoms with E-state index in [1.165, 1.54) is 34.4 Å². The van der Waals surface area contributed by atoms with Crippen molar-refractivity contribution in [3.05, 3.63) is 119 Å². The molecule has 4 aromatic carbocycles. The molecule has 2 amide bonds. The van der Waals surface area contributed by atoms with Crippen molar-refractivity contribution in [2.24, 2.45) is 0 Å². The zero-order valence-electron chi connectivity index (χ0n) is 22.2. The van der Waals surface area contributed by atoms with Crippen LogP contribution in [-0.4, -0.2) is 36.2 Å². The number of carboxylic acids is 1. The molecule has 1 aliphatic carbocycles. The normalized spacial score (nSPS) is 13.1. The quantitative estimate of drug-likeness (QED) is 0.271. The lowest BCUT2D eigenvalue weighted by Gasteiger charge is -2.30. The van der Waals surface area contributed by atoms with Crippen LogP contribution in [0.4, 0.5) is 20.6 Å². The summed E-state index contributed by atoms with van der Waals surface area (Å²) in [5.41, 5.74) is 7.83. The molecule has 0 radical (unpaired) electrons. The number of aliphatic carboxylic acids is 1. The van der Waals surface area contributed by atoms with Crippen LogP contribution in [0.5, 0.6) is 0 Å². The molecule has 0 saturated carbocycles. The number of benzene rings is 4. The van der Waals surface area contributed by atoms with E-state index in [4.69, 9.17) is 4.74 Å². The van der Waals surface area contributed by atoms with Crippen molar-refractivity contribution in [2.45, 2.75) is 25.9 Å². The fourth-order valence-electron chi connectivity index (χ4n) is 5.68. The van der Waals surface area contributed by atoms with Crippen molar-refractivity contribution in [3.63, 3.8) is 0 Å². The number of halogens is 1. The topological polar surface area (TPSA) is 87.2 Å². The van der Waals surface area contributed by atoms with Gasteiger partial charge in [0.2, 0.25) is 0 Å². The molecular formula is C33H27FN2O5. The number of carboxylic acid groups (broad SMARTS) is 1. The second-order valence-electron chi connectivity index (χ2n) is 10.2. The predicted molar refractivity (Wildman–Crippen MR) is 153 cm³/mol. The Labute approximate surface area is 236 Å². The number of carbonyl (C=O) groups is 3. The molecule has 0 atom stereocenters. The molecule has 206 valence electrons. The van der Waals surface area contributed by atoms with Crippen molar-refractivity contribution in [3.8, 4) is 11.1 Å². The third-order valence-corrected chi connectivity index (χ3v) is 7.64. The molecule has 2 aliphatic rings. The van der Waals surface area contributed by atoms with Crippen LogP contribution in [0.2, 0.25) is 0 Å². The first-order chi connectivity index (χ1) is 19.9. The Morgan fingerprint density at radius 1 is 0.902 bits per heavy atom. The van der Waals surface area contributed by atoms with Gasteiger partial charge in [0.15, 0.2) is 0 Å². The summed E-state index contributed by atoms with van der Waals surface area (Å²) in [6.45, 7) is 0.0708. The number of rotatable bonds is 6. The Morgan fingerprint density at radius 3 is 2.49 bits per heavy atom. The molecule has 1 heterocycles. The molecule has 0 spiro atoms. The van der Waals surface area contributed by atoms with Gasteiger partial charge in [-0.15, -0.1) is 0 Å². The van der Waals surface area contributed by atoms with Crippen LogP contribution in [0, 0.1) is 5.82 Å². The summed E-state index contributed by atoms with van der Waals surface area (Å²) in [4.78, 5) is 40.8. The van der Waals surface area contributed by atoms with Gasteiger partial charge in [0.25, 0.3) is 5.91 Å². The number of amides is 2. The standard InChI is InChI=1S/C33H27FN2O5/c34-25-12-10-21(11-13-25)32(39)36(19-31(37)38)26-14-15-30-23(17-26)7-4-16-35(30)33(40)41-20-24-6-3-9-28-27-8-2-1-5-22(27)18-29(24)28/h1-3,5-6,8-15,17H,4,7,16,18-20H2,(H,37,38). The lowest BCUT2D eigenvalue weighted by molar-refractivity contribution is -0.135. The first kappa shape index (κ1) is 26.3. The van der Waals surface area contributed by atoms with Gasteiger partial charge in [-0.3, -0.25) is 19.4 Å². The molecule has 1 N–H and O–H groups in total. The summed E-state index contributed by atoms with van der Waals surface area (Å²) in [6, 6.07) is 24.4. The summed E-state index contributed by atoms with van der Waals surface area (Å²) < 4.78 is 19.2. The summed E-state index contributed by atoms with van der Waals surface area (Å²) in [5.74, 6) is -2.23. The molecule has 0 bridgehead atoms. The number of ether oxygens (including phenoxy) is 1. The van der Waals surface area contributed by atoms with Crippen molar-refractivity contribution in [2.75, 3.05) is 22.9 Å². The van der Waals surface area contributed by atoms with E-state index in [9.17, 15) is 23.9 Å². The zero-order chi connectivity index (χ0) is 28.5. The number of anilines is 2. The highest BCUT2D eigenvalue weighted by molar-refractivity contribution is 6.08. The monoisotopic (exact) mass is 550 g/mol. The van der Waals surface area contributed by atoms with Crippen LogP contribution < -0.4 is 9.80 Å². The maximum absolute atomic E-state index is 13.4. The number of fused-ring (bicyclic) bond motifs is 4. The van der Waals surface area contributed by atoms with Crippen molar-refractivity contribution in [1.82, 2.24) is 0 Å². The van der Waals surface area contributed by atoms with E-state index < -0.39 is 30.3 Å². The first-order valence-electron chi connectivity index (χ1n) is 13.4. The Bertz CT molecular complexity index is 1670. The number of hydrogen-bond acceptors (Lipinski definition) is 4. The number of aryl methyl sites for hydroxylation is 1. The summed E-state index contributed by atoms with van der Waals surface area (Å²) in [5, 5.41) is 9.48. The minimum Gasteiger partial charge on any atom is -0.480 e. The molecule has 4 aromatic rings. The highest BCUT2D eigenvalue weighted by atomic mass is 19.1. The van der Waals surface area contributed by atoms with Gasteiger partial charge in [0, 0.05) is 17.8 Å². The fraction of sp³-hybridized carbons (Fsp3) is 0.182. The average Bonchev–Trinajstić information content (AvgIpc) is 3.37. The van der Waals surface area contributed by atoms with Crippen LogP contribution in [0.1, 0.15) is 39.0 Å². The number of carbonyl (C=O) groups excluding carboxylic acids is 2. The maximum atomic E-state index is 13.4. The van der Waals surface area contributed by atoms with E-state index in [2.05, 4.69) is 18.2 Å². The van der Waals surface area contributed by atoms with Gasteiger partial charge in [0.1, 0.15) is 19.0 Å². The van der Waals surface area contributed by atoms with Gasteiger partial charge in [0.05, 0.1) is 5.69 Å². The van der Waals surface area contributed by atoms with E-state index in [1.807, 2.05) is 24.3 Å². The molecule has 0 saturated heterocycles. The minimum absolute atomic E-state index is 0.151. The van der Waals surface area contributed by atoms with E-state index in [-0.39, 0.29) is 12.2 Å². The van der Waals surface area contributed by atoms with Crippen LogP contribution >= 0.6 is 0 Å². The fourth-order valence-corrected chi connectivity index (χ4v) is 5.68. The third-order valence-electron chi connectivity index (χ3n) is 7.64. The number of hydrogen-bond donors (Lipinski definition) is 1. The van der Waals surface area contributed by atoms with Crippen molar-refractivity contribution >= 4 is 29.3 Å². The smallest absolute Gasteiger partial charge is 0.414 e. The molecule has 0 aromatic heterocycles. The van der Waals surface area contributed by atoms with E-state index in [1.54, 1.807) is 23.1 Å². The van der Waals surface area contributed by atoms with Gasteiger partial charge in [-0.05, 0) is 95.1 Å². The SMILES string of the molecule is O=C(O)CN(C(=O)c1ccc(F)cc1)c1ccc2c(c1)CCCN2C(=O)OCc1cccc2c1Cc1ccccc1-2. The average molecular weight is 551 g/mol. The van der Waals surface area contributed by atoms with Gasteiger partial charge >= 0.3 is 12.1 Å². The predicted octanol–water partition coefficient (Wildman–Crippen LogP) is 6.22. The lowest BCUT2D eigenvalue weighted by atomic mass is 10.0. The molecule has 7 nitrogen and oxygen atoms in total. The molecule has 41 heavy (non-hydrogen) atoms. The Morgan fingerprint density at radius 2 is 1.68 bits per heavy atom. The third kappa shape index (κ3) is 5.16. The molecule has 8 heteroatoms. The largest absolute Gasteiger partial charge is 0.480 e. The lowest BCUT2D eigenvalue weighted by Crippen LogP contribution is -2.37. The van der Waals surface area contributed by atoms with Gasteiger partial charge in [-0.2, -0.15) is 0 Å². The molecule has 0 fully saturated rings. The summed E-state index contributed by atoms with van der Waals surface area (Å²) >= 11 is 0. The first-order valence-corrected chi connectivity index (χ1v) is 13.4. The molecule has 0 unspecified atom stereocenters. The summed E-state index contributed by atoms with van der Waals surface area (Å²) in [7, 11) is 0. The highest BCUT2D eigenvalue weighted by Crippen LogP contribution is 2.38. The Balaban J connectivity index is 1.21. The van der Waals surface area contributed by atoms with Crippen molar-refractivity contribution in [1.29, 1.82) is 0 Å². The van der Waals surface area contributed by atoms with Gasteiger partial charge in [-0.25, -0.2) is 9.18 Å². The minimum atomic E-state index is -1.18. The van der Waals surface area contributed by atoms with Crippen LogP contribution in [-0.2, 0) is 29.0 Å². The van der Waals surface area contributed by atoms with E-state index >= 15 is 0 Å². The van der Waals surface area contributed by atoms with Crippen LogP contribution in [0.15, 0.2) is 84.9 Å². The highest BCUT2D eigenvalue weighted by Gasteiger charge is 2.28. The maximum Gasteiger partial charge on any atom is 0.414 e. The second kappa shape index (κ2) is 10.9. The van der Waals surface area contributed by atoms with Crippen molar-refractivity contribution < 1.29 is 28.6 Å². The Kier molecular flexibility index (Phi) is 6.97. The molecule has 6 rings (SSSR count). The number of nitrogens with zero attached hydrogens (tertiary/aromatic N) is 2. The zero-order valence-corrected chi connectivity index (χ0v) is 22.2. The van der Waals surface area contributed by atoms with E-state index in [0.717, 1.165) is 34.6 Å². The van der Waals surface area contributed by atoms with Crippen LogP contribution in [0.25, 0.3) is 11.1 Å². The van der Waals surface area contributed by atoms with Crippen LogP contribution in [0.3, 0.4) is 0 Å². The Hall–Kier alpha value is -4.98. The van der Waals surface area contributed by atoms with Gasteiger partial charge in [-0.1, -0.05) is 42.5 Å².